The van der Waals surface area contributed by atoms with Gasteiger partial charge in [-0.1, -0.05) is 52.4 Å². The van der Waals surface area contributed by atoms with Crippen LogP contribution in [-0.4, -0.2) is 33.8 Å². The highest BCUT2D eigenvalue weighted by Crippen LogP contribution is 2.06. The average molecular weight is 389 g/mol. The number of hydrogen-bond donors (Lipinski definition) is 2. The first-order valence-corrected chi connectivity index (χ1v) is 10.7. The minimum absolute atomic E-state index is 0.534. The van der Waals surface area contributed by atoms with Gasteiger partial charge in [-0.05, 0) is 18.6 Å². The lowest BCUT2D eigenvalue weighted by atomic mass is 10.1. The highest BCUT2D eigenvalue weighted by atomic mass is 16.3. The van der Waals surface area contributed by atoms with E-state index in [0.29, 0.717) is 6.54 Å². The molecule has 156 valence electrons. The molecule has 7 heteroatoms. The van der Waals surface area contributed by atoms with E-state index in [9.17, 15) is 0 Å². The van der Waals surface area contributed by atoms with Crippen molar-refractivity contribution < 1.29 is 4.42 Å². The third-order valence-electron chi connectivity index (χ3n) is 4.70. The molecule has 0 saturated carbocycles. The fourth-order valence-electron chi connectivity index (χ4n) is 3.06. The van der Waals surface area contributed by atoms with Crippen LogP contribution >= 0.6 is 0 Å². The van der Waals surface area contributed by atoms with Crippen molar-refractivity contribution in [3.05, 3.63) is 36.3 Å². The molecule has 0 saturated heterocycles. The van der Waals surface area contributed by atoms with Gasteiger partial charge in [0.05, 0.1) is 6.26 Å². The number of rotatable bonds is 14. The maximum absolute atomic E-state index is 5.38. The smallest absolute Gasteiger partial charge is 0.191 e. The Balaban J connectivity index is 1.72. The Hall–Kier alpha value is -2.31. The van der Waals surface area contributed by atoms with Crippen molar-refractivity contribution in [2.75, 3.05) is 13.1 Å². The maximum Gasteiger partial charge on any atom is 0.191 e. The third-order valence-corrected chi connectivity index (χ3v) is 4.70. The van der Waals surface area contributed by atoms with Crippen molar-refractivity contribution >= 4 is 5.96 Å². The first-order chi connectivity index (χ1) is 13.8. The Bertz CT molecular complexity index is 650. The zero-order valence-electron chi connectivity index (χ0n) is 17.5. The van der Waals surface area contributed by atoms with Gasteiger partial charge in [0.2, 0.25) is 0 Å². The first kappa shape index (κ1) is 22.0. The number of hydrogen-bond acceptors (Lipinski definition) is 4. The molecule has 28 heavy (non-hydrogen) atoms. The normalized spacial score (nSPS) is 11.7. The predicted octanol–water partition coefficient (Wildman–Crippen LogP) is 3.92. The van der Waals surface area contributed by atoms with E-state index in [1.165, 1.54) is 44.9 Å². The number of aryl methyl sites for hydroxylation is 1. The summed E-state index contributed by atoms with van der Waals surface area (Å²) in [6.45, 7) is 7.40. The Kier molecular flexibility index (Phi) is 10.8. The number of guanidine groups is 1. The van der Waals surface area contributed by atoms with Crippen molar-refractivity contribution in [1.29, 1.82) is 0 Å². The quantitative estimate of drug-likeness (QED) is 0.291. The van der Waals surface area contributed by atoms with Crippen molar-refractivity contribution in [2.24, 2.45) is 4.99 Å². The summed E-state index contributed by atoms with van der Waals surface area (Å²) in [6.07, 6.45) is 13.5. The van der Waals surface area contributed by atoms with Crippen LogP contribution in [0.4, 0.5) is 0 Å². The Morgan fingerprint density at radius 3 is 2.61 bits per heavy atom. The highest BCUT2D eigenvalue weighted by molar-refractivity contribution is 5.79. The summed E-state index contributed by atoms with van der Waals surface area (Å²) < 4.78 is 7.46. The second kappa shape index (κ2) is 13.8. The summed E-state index contributed by atoms with van der Waals surface area (Å²) in [6, 6.07) is 3.84. The lowest BCUT2D eigenvalue weighted by molar-refractivity contribution is 0.511. The summed E-state index contributed by atoms with van der Waals surface area (Å²) in [5, 5.41) is 15.0. The van der Waals surface area contributed by atoms with E-state index >= 15 is 0 Å². The topological polar surface area (TPSA) is 80.3 Å². The van der Waals surface area contributed by atoms with E-state index < -0.39 is 0 Å². The minimum atomic E-state index is 0.534. The van der Waals surface area contributed by atoms with Crippen LogP contribution in [-0.2, 0) is 19.5 Å². The van der Waals surface area contributed by atoms with Crippen molar-refractivity contribution in [1.82, 2.24) is 25.4 Å². The summed E-state index contributed by atoms with van der Waals surface area (Å²) in [7, 11) is 0. The van der Waals surface area contributed by atoms with Gasteiger partial charge in [0, 0.05) is 26.1 Å². The van der Waals surface area contributed by atoms with E-state index in [2.05, 4.69) is 44.2 Å². The highest BCUT2D eigenvalue weighted by Gasteiger charge is 2.03. The van der Waals surface area contributed by atoms with Crippen LogP contribution in [0.2, 0.25) is 0 Å². The lowest BCUT2D eigenvalue weighted by Gasteiger charge is -2.13. The molecular weight excluding hydrogens is 352 g/mol. The van der Waals surface area contributed by atoms with Crippen LogP contribution in [0.15, 0.2) is 34.1 Å². The fourth-order valence-corrected chi connectivity index (χ4v) is 3.06. The second-order valence-electron chi connectivity index (χ2n) is 7.01. The van der Waals surface area contributed by atoms with Crippen LogP contribution in [0.3, 0.4) is 0 Å². The Morgan fingerprint density at radius 1 is 1.07 bits per heavy atom. The predicted molar refractivity (Wildman–Crippen MR) is 113 cm³/mol. The molecule has 0 spiro atoms. The number of unbranched alkanes of at least 4 members (excludes halogenated alkanes) is 6. The van der Waals surface area contributed by atoms with E-state index in [1.807, 2.05) is 12.1 Å². The van der Waals surface area contributed by atoms with Crippen LogP contribution < -0.4 is 10.6 Å². The van der Waals surface area contributed by atoms with Crippen LogP contribution in [0, 0.1) is 0 Å². The molecule has 0 fully saturated rings. The summed E-state index contributed by atoms with van der Waals surface area (Å²) in [5.74, 6) is 2.70. The van der Waals surface area contributed by atoms with E-state index in [0.717, 1.165) is 43.6 Å². The van der Waals surface area contributed by atoms with Crippen LogP contribution in [0.5, 0.6) is 0 Å². The molecule has 2 aromatic heterocycles. The molecule has 0 aliphatic heterocycles. The van der Waals surface area contributed by atoms with Gasteiger partial charge in [-0.25, -0.2) is 4.99 Å². The fraction of sp³-hybridized carbons (Fsp3) is 0.667. The van der Waals surface area contributed by atoms with Crippen molar-refractivity contribution in [3.63, 3.8) is 0 Å². The van der Waals surface area contributed by atoms with Gasteiger partial charge in [0.15, 0.2) is 5.96 Å². The molecule has 0 unspecified atom stereocenters. The number of nitrogens with zero attached hydrogens (tertiary/aromatic N) is 4. The molecule has 0 aliphatic rings. The number of aliphatic imine (C=N–C) groups is 1. The summed E-state index contributed by atoms with van der Waals surface area (Å²) >= 11 is 0. The zero-order chi connectivity index (χ0) is 19.9. The molecule has 0 aliphatic carbocycles. The number of nitrogens with one attached hydrogen (secondary N) is 2. The van der Waals surface area contributed by atoms with Gasteiger partial charge in [-0.3, -0.25) is 0 Å². The molecule has 2 rings (SSSR count). The van der Waals surface area contributed by atoms with Gasteiger partial charge in [-0.15, -0.1) is 10.2 Å². The zero-order valence-corrected chi connectivity index (χ0v) is 17.5. The molecule has 0 atom stereocenters. The average Bonchev–Trinajstić information content (AvgIpc) is 3.39. The van der Waals surface area contributed by atoms with Gasteiger partial charge >= 0.3 is 0 Å². The van der Waals surface area contributed by atoms with Crippen LogP contribution in [0.25, 0.3) is 0 Å². The number of furan rings is 1. The molecule has 7 nitrogen and oxygen atoms in total. The molecule has 0 amide bonds. The van der Waals surface area contributed by atoms with Crippen molar-refractivity contribution in [3.8, 4) is 0 Å². The second-order valence-corrected chi connectivity index (χ2v) is 7.01. The monoisotopic (exact) mass is 388 g/mol. The molecule has 2 N–H and O–H groups in total. The van der Waals surface area contributed by atoms with Crippen LogP contribution in [0.1, 0.15) is 70.4 Å². The summed E-state index contributed by atoms with van der Waals surface area (Å²) in [5.41, 5.74) is 0. The third kappa shape index (κ3) is 8.59. The molecule has 0 aromatic carbocycles. The SMILES string of the molecule is CCCCCCCCCNC(=NCc1ccco1)NCCn1cnnc1CC. The van der Waals surface area contributed by atoms with Gasteiger partial charge < -0.3 is 19.6 Å². The van der Waals surface area contributed by atoms with E-state index in [4.69, 9.17) is 4.42 Å². The van der Waals surface area contributed by atoms with E-state index in [1.54, 1.807) is 12.6 Å². The van der Waals surface area contributed by atoms with Crippen molar-refractivity contribution in [2.45, 2.75) is 78.3 Å². The van der Waals surface area contributed by atoms with Gasteiger partial charge in [0.25, 0.3) is 0 Å². The molecule has 0 bridgehead atoms. The number of aromatic nitrogens is 3. The first-order valence-electron chi connectivity index (χ1n) is 10.7. The molecular formula is C21H36N6O. The van der Waals surface area contributed by atoms with Gasteiger partial charge in [-0.2, -0.15) is 0 Å². The Morgan fingerprint density at radius 2 is 1.86 bits per heavy atom. The molecule has 0 radical (unpaired) electrons. The molecule has 2 heterocycles. The maximum atomic E-state index is 5.38. The Labute approximate surface area is 169 Å². The molecule has 2 aromatic rings. The minimum Gasteiger partial charge on any atom is -0.467 e. The standard InChI is InChI=1S/C21H36N6O/c1-3-5-6-7-8-9-10-13-22-21(24-17-19-12-11-16-28-19)23-14-15-27-18-25-26-20(27)4-2/h11-12,16,18H,3-10,13-15,17H2,1-2H3,(H2,22,23,24). The summed E-state index contributed by atoms with van der Waals surface area (Å²) in [4.78, 5) is 4.65. The van der Waals surface area contributed by atoms with Gasteiger partial charge in [0.1, 0.15) is 24.5 Å². The largest absolute Gasteiger partial charge is 0.467 e. The van der Waals surface area contributed by atoms with E-state index in [-0.39, 0.29) is 0 Å². The lowest BCUT2D eigenvalue weighted by Crippen LogP contribution is -2.39.